The van der Waals surface area contributed by atoms with Gasteiger partial charge in [0.1, 0.15) is 0 Å². The molecule has 98 valence electrons. The van der Waals surface area contributed by atoms with Crippen LogP contribution in [0.1, 0.15) is 30.8 Å². The van der Waals surface area contributed by atoms with E-state index in [-0.39, 0.29) is 5.25 Å². The summed E-state index contributed by atoms with van der Waals surface area (Å²) in [6, 6.07) is 2.24. The second-order valence-corrected chi connectivity index (χ2v) is 6.38. The summed E-state index contributed by atoms with van der Waals surface area (Å²) in [5, 5.41) is 3.59. The maximum absolute atomic E-state index is 11.2. The molecule has 4 heteroatoms. The maximum atomic E-state index is 11.2. The third-order valence-electron chi connectivity index (χ3n) is 3.31. The van der Waals surface area contributed by atoms with Crippen LogP contribution in [-0.2, 0) is 23.9 Å². The molecule has 1 aromatic rings. The third-order valence-corrected chi connectivity index (χ3v) is 4.61. The molecule has 0 aromatic carbocycles. The quantitative estimate of drug-likeness (QED) is 0.844. The molecule has 0 saturated heterocycles. The standard InChI is InChI=1S/C13H24N2OS/c1-6-15-10(2)7-13(12(15)4)9-14-8-11(3)17(5)16/h7,11,14H,6,8-9H2,1-5H3. The number of aryl methyl sites for hydroxylation is 1. The Morgan fingerprint density at radius 3 is 2.59 bits per heavy atom. The molecule has 0 radical (unpaired) electrons. The van der Waals surface area contributed by atoms with E-state index in [0.717, 1.165) is 19.6 Å². The van der Waals surface area contributed by atoms with Crippen molar-refractivity contribution in [2.45, 2.75) is 46.0 Å². The van der Waals surface area contributed by atoms with Crippen molar-refractivity contribution < 1.29 is 4.21 Å². The highest BCUT2D eigenvalue weighted by Crippen LogP contribution is 2.14. The van der Waals surface area contributed by atoms with E-state index in [0.29, 0.717) is 0 Å². The summed E-state index contributed by atoms with van der Waals surface area (Å²) in [7, 11) is -0.742. The van der Waals surface area contributed by atoms with Crippen LogP contribution in [0.25, 0.3) is 0 Å². The number of rotatable bonds is 6. The van der Waals surface area contributed by atoms with E-state index in [4.69, 9.17) is 0 Å². The molecule has 0 saturated carbocycles. The number of aromatic nitrogens is 1. The molecule has 2 unspecified atom stereocenters. The van der Waals surface area contributed by atoms with Crippen LogP contribution in [0.15, 0.2) is 6.07 Å². The molecule has 1 heterocycles. The minimum absolute atomic E-state index is 0.213. The largest absolute Gasteiger partial charge is 0.349 e. The van der Waals surface area contributed by atoms with Gasteiger partial charge in [0, 0.05) is 53.3 Å². The van der Waals surface area contributed by atoms with E-state index in [1.807, 2.05) is 6.92 Å². The van der Waals surface area contributed by atoms with Crippen LogP contribution in [0.4, 0.5) is 0 Å². The lowest BCUT2D eigenvalue weighted by Crippen LogP contribution is -2.27. The van der Waals surface area contributed by atoms with Crippen LogP contribution in [0, 0.1) is 13.8 Å². The Labute approximate surface area is 107 Å². The zero-order chi connectivity index (χ0) is 13.0. The molecule has 3 nitrogen and oxygen atoms in total. The van der Waals surface area contributed by atoms with Crippen LogP contribution in [0.5, 0.6) is 0 Å². The summed E-state index contributed by atoms with van der Waals surface area (Å²) in [5.41, 5.74) is 4.00. The van der Waals surface area contributed by atoms with Gasteiger partial charge in [0.25, 0.3) is 0 Å². The van der Waals surface area contributed by atoms with Crippen LogP contribution in [0.2, 0.25) is 0 Å². The van der Waals surface area contributed by atoms with Crippen molar-refractivity contribution in [3.8, 4) is 0 Å². The molecular formula is C13H24N2OS. The van der Waals surface area contributed by atoms with Crippen molar-refractivity contribution in [2.24, 2.45) is 0 Å². The van der Waals surface area contributed by atoms with Gasteiger partial charge in [-0.15, -0.1) is 0 Å². The number of hydrogen-bond donors (Lipinski definition) is 1. The normalized spacial score (nSPS) is 14.9. The Kier molecular flexibility index (Phi) is 5.40. The maximum Gasteiger partial charge on any atom is 0.0441 e. The van der Waals surface area contributed by atoms with Crippen molar-refractivity contribution in [1.82, 2.24) is 9.88 Å². The fourth-order valence-electron chi connectivity index (χ4n) is 2.07. The first-order valence-electron chi connectivity index (χ1n) is 6.15. The monoisotopic (exact) mass is 256 g/mol. The number of hydrogen-bond acceptors (Lipinski definition) is 2. The highest BCUT2D eigenvalue weighted by Gasteiger charge is 2.09. The van der Waals surface area contributed by atoms with Gasteiger partial charge in [-0.3, -0.25) is 4.21 Å². The molecule has 2 atom stereocenters. The summed E-state index contributed by atoms with van der Waals surface area (Å²) < 4.78 is 13.5. The second-order valence-electron chi connectivity index (χ2n) is 4.58. The van der Waals surface area contributed by atoms with Crippen molar-refractivity contribution in [3.63, 3.8) is 0 Å². The van der Waals surface area contributed by atoms with Crippen molar-refractivity contribution >= 4 is 10.8 Å². The Hall–Kier alpha value is -0.610. The van der Waals surface area contributed by atoms with Crippen LogP contribution >= 0.6 is 0 Å². The molecule has 0 amide bonds. The lowest BCUT2D eigenvalue weighted by Gasteiger charge is -2.10. The third kappa shape index (κ3) is 3.68. The first-order chi connectivity index (χ1) is 7.97. The molecule has 1 N–H and O–H groups in total. The predicted molar refractivity (Wildman–Crippen MR) is 74.8 cm³/mol. The van der Waals surface area contributed by atoms with Crippen molar-refractivity contribution in [1.29, 1.82) is 0 Å². The van der Waals surface area contributed by atoms with Gasteiger partial charge in [-0.2, -0.15) is 0 Å². The van der Waals surface area contributed by atoms with Gasteiger partial charge in [-0.05, 0) is 39.3 Å². The second kappa shape index (κ2) is 6.36. The minimum atomic E-state index is -0.742. The summed E-state index contributed by atoms with van der Waals surface area (Å²) >= 11 is 0. The molecular weight excluding hydrogens is 232 g/mol. The first-order valence-corrected chi connectivity index (χ1v) is 7.78. The molecule has 0 aliphatic heterocycles. The van der Waals surface area contributed by atoms with E-state index in [1.165, 1.54) is 17.0 Å². The number of nitrogens with one attached hydrogen (secondary N) is 1. The first kappa shape index (κ1) is 14.5. The summed E-state index contributed by atoms with van der Waals surface area (Å²) in [6.45, 7) is 11.2. The van der Waals surface area contributed by atoms with E-state index in [2.05, 4.69) is 36.7 Å². The predicted octanol–water partition coefficient (Wildman–Crippen LogP) is 1.98. The average molecular weight is 256 g/mol. The van der Waals surface area contributed by atoms with Crippen LogP contribution in [0.3, 0.4) is 0 Å². The smallest absolute Gasteiger partial charge is 0.0441 e. The molecule has 0 aliphatic carbocycles. The lowest BCUT2D eigenvalue weighted by molar-refractivity contribution is 0.643. The van der Waals surface area contributed by atoms with Gasteiger partial charge in [0.2, 0.25) is 0 Å². The SMILES string of the molecule is CCn1c(C)cc(CNCC(C)S(C)=O)c1C. The van der Waals surface area contributed by atoms with Crippen LogP contribution < -0.4 is 5.32 Å². The zero-order valence-corrected chi connectivity index (χ0v) is 12.4. The Morgan fingerprint density at radius 2 is 2.12 bits per heavy atom. The fraction of sp³-hybridized carbons (Fsp3) is 0.692. The minimum Gasteiger partial charge on any atom is -0.349 e. The molecule has 0 fully saturated rings. The zero-order valence-electron chi connectivity index (χ0n) is 11.5. The number of nitrogens with zero attached hydrogens (tertiary/aromatic N) is 1. The van der Waals surface area contributed by atoms with E-state index in [9.17, 15) is 4.21 Å². The highest BCUT2D eigenvalue weighted by atomic mass is 32.2. The van der Waals surface area contributed by atoms with Gasteiger partial charge in [-0.1, -0.05) is 0 Å². The van der Waals surface area contributed by atoms with Crippen molar-refractivity contribution in [2.75, 3.05) is 12.8 Å². The molecule has 17 heavy (non-hydrogen) atoms. The lowest BCUT2D eigenvalue weighted by atomic mass is 10.2. The fourth-order valence-corrected chi connectivity index (χ4v) is 2.42. The van der Waals surface area contributed by atoms with Gasteiger partial charge in [-0.25, -0.2) is 0 Å². The molecule has 0 bridgehead atoms. The Bertz CT molecular complexity index is 398. The topological polar surface area (TPSA) is 34.0 Å². The summed E-state index contributed by atoms with van der Waals surface area (Å²) in [5.74, 6) is 0. The molecule has 0 spiro atoms. The summed E-state index contributed by atoms with van der Waals surface area (Å²) in [6.07, 6.45) is 1.76. The van der Waals surface area contributed by atoms with Gasteiger partial charge < -0.3 is 9.88 Å². The van der Waals surface area contributed by atoms with E-state index >= 15 is 0 Å². The average Bonchev–Trinajstić information content (AvgIpc) is 2.53. The van der Waals surface area contributed by atoms with Crippen LogP contribution in [-0.4, -0.2) is 26.8 Å². The molecule has 1 aromatic heterocycles. The van der Waals surface area contributed by atoms with Gasteiger partial charge in [0.15, 0.2) is 0 Å². The Morgan fingerprint density at radius 1 is 1.47 bits per heavy atom. The van der Waals surface area contributed by atoms with Crippen molar-refractivity contribution in [3.05, 3.63) is 23.0 Å². The van der Waals surface area contributed by atoms with E-state index in [1.54, 1.807) is 6.26 Å². The summed E-state index contributed by atoms with van der Waals surface area (Å²) in [4.78, 5) is 0. The highest BCUT2D eigenvalue weighted by molar-refractivity contribution is 7.84. The van der Waals surface area contributed by atoms with Gasteiger partial charge in [0.05, 0.1) is 0 Å². The van der Waals surface area contributed by atoms with E-state index < -0.39 is 10.8 Å². The Balaban J connectivity index is 2.55. The van der Waals surface area contributed by atoms with Gasteiger partial charge >= 0.3 is 0 Å². The molecule has 0 aliphatic rings. The molecule has 1 rings (SSSR count).